The van der Waals surface area contributed by atoms with Gasteiger partial charge >= 0.3 is 0 Å². The molecule has 1 heterocycles. The number of amides is 1. The lowest BCUT2D eigenvalue weighted by Crippen LogP contribution is -2.24. The number of hydrogen-bond donors (Lipinski definition) is 1. The maximum absolute atomic E-state index is 11.0. The van der Waals surface area contributed by atoms with Gasteiger partial charge in [0.25, 0.3) is 0 Å². The minimum Gasteiger partial charge on any atom is -0.369 e. The topological polar surface area (TPSA) is 56.0 Å². The standard InChI is InChI=1S/C11H16N2O/c1-3-10(11(12)14)5-9-4-8(2)6-13-7-9/h4,6-7,10H,3,5H2,1-2H3,(H2,12,14). The molecule has 0 saturated carbocycles. The Hall–Kier alpha value is -1.38. The molecule has 2 N–H and O–H groups in total. The molecule has 0 radical (unpaired) electrons. The van der Waals surface area contributed by atoms with Crippen LogP contribution in [0.2, 0.25) is 0 Å². The fourth-order valence-corrected chi connectivity index (χ4v) is 1.46. The van der Waals surface area contributed by atoms with Crippen molar-refractivity contribution in [3.05, 3.63) is 29.6 Å². The van der Waals surface area contributed by atoms with Crippen LogP contribution in [0.5, 0.6) is 0 Å². The Morgan fingerprint density at radius 3 is 2.79 bits per heavy atom. The normalized spacial score (nSPS) is 12.4. The Balaban J connectivity index is 2.72. The number of nitrogens with two attached hydrogens (primary N) is 1. The molecule has 1 rings (SSSR count). The van der Waals surface area contributed by atoms with Gasteiger partial charge in [0.1, 0.15) is 0 Å². The molecular weight excluding hydrogens is 176 g/mol. The summed E-state index contributed by atoms with van der Waals surface area (Å²) in [4.78, 5) is 15.1. The van der Waals surface area contributed by atoms with Crippen molar-refractivity contribution in [2.45, 2.75) is 26.7 Å². The van der Waals surface area contributed by atoms with Gasteiger partial charge in [-0.1, -0.05) is 13.0 Å². The van der Waals surface area contributed by atoms with Crippen molar-refractivity contribution in [3.8, 4) is 0 Å². The second-order valence-corrected chi connectivity index (χ2v) is 3.58. The van der Waals surface area contributed by atoms with Crippen molar-refractivity contribution in [1.82, 2.24) is 4.98 Å². The highest BCUT2D eigenvalue weighted by atomic mass is 16.1. The molecule has 1 unspecified atom stereocenters. The first-order valence-corrected chi connectivity index (χ1v) is 4.83. The van der Waals surface area contributed by atoms with E-state index in [-0.39, 0.29) is 11.8 Å². The first-order valence-electron chi connectivity index (χ1n) is 4.83. The summed E-state index contributed by atoms with van der Waals surface area (Å²) in [5.41, 5.74) is 7.47. The van der Waals surface area contributed by atoms with E-state index >= 15 is 0 Å². The highest BCUT2D eigenvalue weighted by molar-refractivity contribution is 5.76. The molecule has 76 valence electrons. The molecule has 0 spiro atoms. The maximum Gasteiger partial charge on any atom is 0.220 e. The van der Waals surface area contributed by atoms with E-state index in [1.165, 1.54) is 0 Å². The van der Waals surface area contributed by atoms with Gasteiger partial charge in [0, 0.05) is 18.3 Å². The highest BCUT2D eigenvalue weighted by Crippen LogP contribution is 2.11. The van der Waals surface area contributed by atoms with Crippen molar-refractivity contribution in [1.29, 1.82) is 0 Å². The zero-order valence-corrected chi connectivity index (χ0v) is 8.66. The number of pyridine rings is 1. The van der Waals surface area contributed by atoms with Crippen molar-refractivity contribution in [2.24, 2.45) is 11.7 Å². The average Bonchev–Trinajstić information content (AvgIpc) is 2.14. The van der Waals surface area contributed by atoms with Gasteiger partial charge in [0.05, 0.1) is 0 Å². The monoisotopic (exact) mass is 192 g/mol. The van der Waals surface area contributed by atoms with Crippen LogP contribution in [-0.2, 0) is 11.2 Å². The summed E-state index contributed by atoms with van der Waals surface area (Å²) < 4.78 is 0. The van der Waals surface area contributed by atoms with Gasteiger partial charge in [-0.25, -0.2) is 0 Å². The summed E-state index contributed by atoms with van der Waals surface area (Å²) in [5, 5.41) is 0. The molecule has 1 atom stereocenters. The van der Waals surface area contributed by atoms with Gasteiger partial charge in [-0.2, -0.15) is 0 Å². The first-order chi connectivity index (χ1) is 6.63. The third kappa shape index (κ3) is 2.83. The molecule has 0 bridgehead atoms. The summed E-state index contributed by atoms with van der Waals surface area (Å²) in [7, 11) is 0. The predicted molar refractivity (Wildman–Crippen MR) is 55.7 cm³/mol. The molecule has 0 aliphatic rings. The van der Waals surface area contributed by atoms with E-state index in [2.05, 4.69) is 4.98 Å². The lowest BCUT2D eigenvalue weighted by molar-refractivity contribution is -0.121. The van der Waals surface area contributed by atoms with E-state index in [1.54, 1.807) is 12.4 Å². The van der Waals surface area contributed by atoms with Crippen LogP contribution in [0, 0.1) is 12.8 Å². The molecule has 0 aromatic carbocycles. The van der Waals surface area contributed by atoms with E-state index in [0.29, 0.717) is 6.42 Å². The lowest BCUT2D eigenvalue weighted by Gasteiger charge is -2.10. The fourth-order valence-electron chi connectivity index (χ4n) is 1.46. The molecule has 1 aromatic heterocycles. The van der Waals surface area contributed by atoms with Crippen LogP contribution in [0.1, 0.15) is 24.5 Å². The number of aromatic nitrogens is 1. The molecule has 14 heavy (non-hydrogen) atoms. The van der Waals surface area contributed by atoms with E-state index in [9.17, 15) is 4.79 Å². The summed E-state index contributed by atoms with van der Waals surface area (Å²) in [6, 6.07) is 2.04. The van der Waals surface area contributed by atoms with Crippen LogP contribution in [0.3, 0.4) is 0 Å². The zero-order valence-electron chi connectivity index (χ0n) is 8.66. The van der Waals surface area contributed by atoms with E-state index in [1.807, 2.05) is 19.9 Å². The zero-order chi connectivity index (χ0) is 10.6. The minimum absolute atomic E-state index is 0.0707. The Morgan fingerprint density at radius 1 is 1.57 bits per heavy atom. The number of rotatable bonds is 4. The van der Waals surface area contributed by atoms with Crippen molar-refractivity contribution in [2.75, 3.05) is 0 Å². The van der Waals surface area contributed by atoms with Crippen LogP contribution in [-0.4, -0.2) is 10.9 Å². The van der Waals surface area contributed by atoms with Crippen molar-refractivity contribution >= 4 is 5.91 Å². The third-order valence-corrected chi connectivity index (χ3v) is 2.31. The number of primary amides is 1. The average molecular weight is 192 g/mol. The number of carbonyl (C=O) groups is 1. The molecule has 0 saturated heterocycles. The SMILES string of the molecule is CCC(Cc1cncc(C)c1)C(N)=O. The highest BCUT2D eigenvalue weighted by Gasteiger charge is 2.13. The molecule has 0 aliphatic carbocycles. The Bertz CT molecular complexity index is 323. The Kier molecular flexibility index (Phi) is 3.63. The first kappa shape index (κ1) is 10.7. The van der Waals surface area contributed by atoms with Crippen molar-refractivity contribution in [3.63, 3.8) is 0 Å². The smallest absolute Gasteiger partial charge is 0.220 e. The summed E-state index contributed by atoms with van der Waals surface area (Å²) in [6.07, 6.45) is 5.07. The maximum atomic E-state index is 11.0. The largest absolute Gasteiger partial charge is 0.369 e. The van der Waals surface area contributed by atoms with Gasteiger partial charge in [0.15, 0.2) is 0 Å². The lowest BCUT2D eigenvalue weighted by atomic mass is 9.97. The van der Waals surface area contributed by atoms with Gasteiger partial charge in [0.2, 0.25) is 5.91 Å². The second kappa shape index (κ2) is 4.74. The van der Waals surface area contributed by atoms with Gasteiger partial charge in [-0.15, -0.1) is 0 Å². The van der Waals surface area contributed by atoms with Crippen molar-refractivity contribution < 1.29 is 4.79 Å². The second-order valence-electron chi connectivity index (χ2n) is 3.58. The van der Waals surface area contributed by atoms with Crippen LogP contribution in [0.15, 0.2) is 18.5 Å². The van der Waals surface area contributed by atoms with Crippen LogP contribution >= 0.6 is 0 Å². The Morgan fingerprint density at radius 2 is 2.29 bits per heavy atom. The number of carbonyl (C=O) groups excluding carboxylic acids is 1. The summed E-state index contributed by atoms with van der Waals surface area (Å²) >= 11 is 0. The Labute approximate surface area is 84.3 Å². The van der Waals surface area contributed by atoms with Gasteiger partial charge in [-0.3, -0.25) is 9.78 Å². The minimum atomic E-state index is -0.228. The molecule has 0 fully saturated rings. The van der Waals surface area contributed by atoms with Crippen LogP contribution in [0.25, 0.3) is 0 Å². The third-order valence-electron chi connectivity index (χ3n) is 2.31. The fraction of sp³-hybridized carbons (Fsp3) is 0.455. The van der Waals surface area contributed by atoms with E-state index in [4.69, 9.17) is 5.73 Å². The van der Waals surface area contributed by atoms with Gasteiger partial charge < -0.3 is 5.73 Å². The van der Waals surface area contributed by atoms with E-state index in [0.717, 1.165) is 17.5 Å². The van der Waals surface area contributed by atoms with E-state index < -0.39 is 0 Å². The number of aryl methyl sites for hydroxylation is 1. The number of nitrogens with zero attached hydrogens (tertiary/aromatic N) is 1. The number of hydrogen-bond acceptors (Lipinski definition) is 2. The van der Waals surface area contributed by atoms with Gasteiger partial charge in [-0.05, 0) is 30.9 Å². The van der Waals surface area contributed by atoms with Crippen LogP contribution in [0.4, 0.5) is 0 Å². The molecule has 0 aliphatic heterocycles. The molecule has 1 amide bonds. The summed E-state index contributed by atoms with van der Waals surface area (Å²) in [6.45, 7) is 3.96. The van der Waals surface area contributed by atoms with Crippen LogP contribution < -0.4 is 5.73 Å². The molecule has 3 nitrogen and oxygen atoms in total. The quantitative estimate of drug-likeness (QED) is 0.784. The molecule has 1 aromatic rings. The predicted octanol–water partition coefficient (Wildman–Crippen LogP) is 1.44. The summed E-state index contributed by atoms with van der Waals surface area (Å²) in [5.74, 6) is -0.299. The molecular formula is C11H16N2O. The molecule has 3 heteroatoms.